The molecule has 23 heavy (non-hydrogen) atoms. The molecule has 0 aliphatic heterocycles. The number of fused-ring (bicyclic) bond motifs is 1. The summed E-state index contributed by atoms with van der Waals surface area (Å²) in [4.78, 5) is 16.7. The first-order valence-electron chi connectivity index (χ1n) is 7.09. The van der Waals surface area contributed by atoms with Gasteiger partial charge < -0.3 is 19.2 Å². The third kappa shape index (κ3) is 2.96. The van der Waals surface area contributed by atoms with Crippen LogP contribution in [0, 0.1) is 6.92 Å². The van der Waals surface area contributed by atoms with Gasteiger partial charge in [-0.1, -0.05) is 0 Å². The fourth-order valence-electron chi connectivity index (χ4n) is 2.37. The number of rotatable bonds is 4. The second-order valence-corrected chi connectivity index (χ2v) is 5.09. The van der Waals surface area contributed by atoms with Crippen LogP contribution in [-0.4, -0.2) is 29.5 Å². The van der Waals surface area contributed by atoms with Gasteiger partial charge in [0.1, 0.15) is 5.65 Å². The van der Waals surface area contributed by atoms with Gasteiger partial charge in [-0.05, 0) is 37.3 Å². The molecule has 2 aromatic heterocycles. The van der Waals surface area contributed by atoms with Crippen LogP contribution in [0.5, 0.6) is 11.5 Å². The predicted molar refractivity (Wildman–Crippen MR) is 87.4 cm³/mol. The van der Waals surface area contributed by atoms with Crippen LogP contribution in [-0.2, 0) is 0 Å². The highest BCUT2D eigenvalue weighted by Gasteiger charge is 2.11. The van der Waals surface area contributed by atoms with Crippen molar-refractivity contribution in [1.29, 1.82) is 0 Å². The summed E-state index contributed by atoms with van der Waals surface area (Å²) in [7, 11) is 3.09. The van der Waals surface area contributed by atoms with Gasteiger partial charge in [0, 0.05) is 18.0 Å². The molecule has 0 aliphatic carbocycles. The molecule has 1 aromatic carbocycles. The van der Waals surface area contributed by atoms with E-state index in [1.165, 1.54) is 7.11 Å². The number of methoxy groups -OCH3 is 2. The molecule has 6 heteroatoms. The molecule has 0 aliphatic rings. The summed E-state index contributed by atoms with van der Waals surface area (Å²) in [5.41, 5.74) is 2.94. The third-order valence-corrected chi connectivity index (χ3v) is 3.48. The van der Waals surface area contributed by atoms with E-state index in [-0.39, 0.29) is 5.91 Å². The van der Waals surface area contributed by atoms with Crippen molar-refractivity contribution in [3.05, 3.63) is 54.0 Å². The quantitative estimate of drug-likeness (QED) is 0.804. The zero-order chi connectivity index (χ0) is 16.4. The monoisotopic (exact) mass is 311 g/mol. The topological polar surface area (TPSA) is 64.9 Å². The van der Waals surface area contributed by atoms with Crippen molar-refractivity contribution in [2.45, 2.75) is 6.92 Å². The Morgan fingerprint density at radius 3 is 2.61 bits per heavy atom. The molecule has 0 fully saturated rings. The van der Waals surface area contributed by atoms with Gasteiger partial charge in [0.2, 0.25) is 0 Å². The summed E-state index contributed by atoms with van der Waals surface area (Å²) < 4.78 is 12.3. The maximum Gasteiger partial charge on any atom is 0.255 e. The maximum absolute atomic E-state index is 12.4. The average molecular weight is 311 g/mol. The lowest BCUT2D eigenvalue weighted by Crippen LogP contribution is -2.12. The maximum atomic E-state index is 12.4. The van der Waals surface area contributed by atoms with Crippen molar-refractivity contribution in [2.75, 3.05) is 19.5 Å². The predicted octanol–water partition coefficient (Wildman–Crippen LogP) is 2.91. The number of hydrogen-bond acceptors (Lipinski definition) is 4. The summed E-state index contributed by atoms with van der Waals surface area (Å²) in [6.07, 6.45) is 3.73. The Labute approximate surface area is 133 Å². The Morgan fingerprint density at radius 1 is 1.09 bits per heavy atom. The number of pyridine rings is 1. The Kier molecular flexibility index (Phi) is 3.89. The molecule has 0 radical (unpaired) electrons. The molecule has 1 N–H and O–H groups in total. The normalized spacial score (nSPS) is 10.6. The minimum Gasteiger partial charge on any atom is -0.493 e. The number of carbonyl (C=O) groups is 1. The summed E-state index contributed by atoms with van der Waals surface area (Å²) in [5, 5.41) is 2.86. The number of aromatic nitrogens is 2. The Bertz CT molecular complexity index is 871. The van der Waals surface area contributed by atoms with Gasteiger partial charge in [-0.3, -0.25) is 4.79 Å². The highest BCUT2D eigenvalue weighted by atomic mass is 16.5. The fraction of sp³-hybridized carbons (Fsp3) is 0.176. The molecule has 0 unspecified atom stereocenters. The van der Waals surface area contributed by atoms with Gasteiger partial charge >= 0.3 is 0 Å². The number of hydrogen-bond donors (Lipinski definition) is 1. The number of anilines is 1. The number of ether oxygens (including phenoxy) is 2. The molecule has 0 saturated carbocycles. The number of aryl methyl sites for hydroxylation is 1. The molecule has 6 nitrogen and oxygen atoms in total. The second-order valence-electron chi connectivity index (χ2n) is 5.09. The van der Waals surface area contributed by atoms with Crippen molar-refractivity contribution in [3.8, 4) is 11.5 Å². The van der Waals surface area contributed by atoms with Gasteiger partial charge in [-0.25, -0.2) is 4.98 Å². The Balaban J connectivity index is 1.85. The van der Waals surface area contributed by atoms with Crippen molar-refractivity contribution in [3.63, 3.8) is 0 Å². The van der Waals surface area contributed by atoms with E-state index >= 15 is 0 Å². The van der Waals surface area contributed by atoms with E-state index in [2.05, 4.69) is 10.3 Å². The smallest absolute Gasteiger partial charge is 0.255 e. The molecule has 0 saturated heterocycles. The lowest BCUT2D eigenvalue weighted by molar-refractivity contribution is 0.102. The van der Waals surface area contributed by atoms with Crippen LogP contribution in [0.25, 0.3) is 5.65 Å². The lowest BCUT2D eigenvalue weighted by atomic mass is 10.2. The molecule has 2 heterocycles. The highest BCUT2D eigenvalue weighted by Crippen LogP contribution is 2.27. The summed E-state index contributed by atoms with van der Waals surface area (Å²) in [6.45, 7) is 1.93. The number of nitrogens with zero attached hydrogens (tertiary/aromatic N) is 2. The molecule has 1 amide bonds. The summed E-state index contributed by atoms with van der Waals surface area (Å²) in [6, 6.07) is 8.72. The van der Waals surface area contributed by atoms with Gasteiger partial charge in [0.25, 0.3) is 5.91 Å². The SMILES string of the molecule is COc1ccc(C(=O)Nc2ccc3nc(C)cn3c2)cc1OC. The van der Waals surface area contributed by atoms with Crippen LogP contribution in [0.3, 0.4) is 0 Å². The Hall–Kier alpha value is -3.02. The first-order chi connectivity index (χ1) is 11.1. The minimum atomic E-state index is -0.220. The van der Waals surface area contributed by atoms with E-state index < -0.39 is 0 Å². The second kappa shape index (κ2) is 6.00. The standard InChI is InChI=1S/C17H17N3O3/c1-11-9-20-10-13(5-7-16(20)18-11)19-17(21)12-4-6-14(22-2)15(8-12)23-3/h4-10H,1-3H3,(H,19,21). The van der Waals surface area contributed by atoms with E-state index in [0.29, 0.717) is 22.7 Å². The van der Waals surface area contributed by atoms with Crippen LogP contribution in [0.1, 0.15) is 16.1 Å². The number of imidazole rings is 1. The number of carbonyl (C=O) groups excluding carboxylic acids is 1. The largest absolute Gasteiger partial charge is 0.493 e. The summed E-state index contributed by atoms with van der Waals surface area (Å²) in [5.74, 6) is 0.877. The zero-order valence-corrected chi connectivity index (χ0v) is 13.2. The third-order valence-electron chi connectivity index (χ3n) is 3.48. The Morgan fingerprint density at radius 2 is 1.87 bits per heavy atom. The van der Waals surface area contributed by atoms with Crippen molar-refractivity contribution < 1.29 is 14.3 Å². The first kappa shape index (κ1) is 14.9. The van der Waals surface area contributed by atoms with E-state index in [4.69, 9.17) is 9.47 Å². The van der Waals surface area contributed by atoms with E-state index in [0.717, 1.165) is 11.3 Å². The van der Waals surface area contributed by atoms with Gasteiger partial charge in [-0.15, -0.1) is 0 Å². The molecule has 3 rings (SSSR count). The van der Waals surface area contributed by atoms with E-state index in [1.807, 2.05) is 35.9 Å². The zero-order valence-electron chi connectivity index (χ0n) is 13.2. The highest BCUT2D eigenvalue weighted by molar-refractivity contribution is 6.04. The van der Waals surface area contributed by atoms with Gasteiger partial charge in [0.05, 0.1) is 25.6 Å². The molecular formula is C17H17N3O3. The molecule has 3 aromatic rings. The van der Waals surface area contributed by atoms with Crippen LogP contribution >= 0.6 is 0 Å². The van der Waals surface area contributed by atoms with Crippen molar-refractivity contribution in [2.24, 2.45) is 0 Å². The number of nitrogens with one attached hydrogen (secondary N) is 1. The van der Waals surface area contributed by atoms with E-state index in [9.17, 15) is 4.79 Å². The lowest BCUT2D eigenvalue weighted by Gasteiger charge is -2.10. The van der Waals surface area contributed by atoms with Crippen LogP contribution in [0.4, 0.5) is 5.69 Å². The van der Waals surface area contributed by atoms with Gasteiger partial charge in [-0.2, -0.15) is 0 Å². The van der Waals surface area contributed by atoms with Crippen LogP contribution in [0.15, 0.2) is 42.7 Å². The number of amides is 1. The molecule has 0 atom stereocenters. The molecule has 118 valence electrons. The number of benzene rings is 1. The molecule has 0 bridgehead atoms. The van der Waals surface area contributed by atoms with Crippen molar-refractivity contribution >= 4 is 17.2 Å². The summed E-state index contributed by atoms with van der Waals surface area (Å²) >= 11 is 0. The van der Waals surface area contributed by atoms with Crippen molar-refractivity contribution in [1.82, 2.24) is 9.38 Å². The average Bonchev–Trinajstić information content (AvgIpc) is 2.93. The fourth-order valence-corrected chi connectivity index (χ4v) is 2.37. The minimum absolute atomic E-state index is 0.220. The molecule has 0 spiro atoms. The van der Waals surface area contributed by atoms with Crippen LogP contribution in [0.2, 0.25) is 0 Å². The molecular weight excluding hydrogens is 294 g/mol. The first-order valence-corrected chi connectivity index (χ1v) is 7.09. The van der Waals surface area contributed by atoms with Crippen LogP contribution < -0.4 is 14.8 Å². The van der Waals surface area contributed by atoms with Gasteiger partial charge in [0.15, 0.2) is 11.5 Å². The van der Waals surface area contributed by atoms with E-state index in [1.54, 1.807) is 25.3 Å².